The molecule has 7 heteroatoms. The van der Waals surface area contributed by atoms with Gasteiger partial charge in [-0.1, -0.05) is 6.07 Å². The Balaban J connectivity index is 2.10. The van der Waals surface area contributed by atoms with Crippen molar-refractivity contribution < 1.29 is 19.5 Å². The number of carbonyl (C=O) groups is 3. The zero-order chi connectivity index (χ0) is 13.8. The molecule has 0 bridgehead atoms. The molecule has 1 fully saturated rings. The second kappa shape index (κ2) is 5.47. The Morgan fingerprint density at radius 1 is 1.16 bits per heavy atom. The van der Waals surface area contributed by atoms with Gasteiger partial charge in [-0.3, -0.25) is 9.59 Å². The lowest BCUT2D eigenvalue weighted by molar-refractivity contribution is -0.119. The van der Waals surface area contributed by atoms with E-state index in [1.54, 1.807) is 9.80 Å². The molecule has 0 atom stereocenters. The standard InChI is InChI=1S/C12H13N3O4/c16-8-14-4-6-15(7-5-14)11(17)9-2-1-3-10(13-9)12(18)19/h1-3,8H,4-7H2,(H,18,19). The van der Waals surface area contributed by atoms with Crippen LogP contribution in [0.3, 0.4) is 0 Å². The molecule has 1 aromatic heterocycles. The van der Waals surface area contributed by atoms with Crippen molar-refractivity contribution in [3.8, 4) is 0 Å². The van der Waals surface area contributed by atoms with Gasteiger partial charge in [0.2, 0.25) is 6.41 Å². The van der Waals surface area contributed by atoms with Crippen molar-refractivity contribution >= 4 is 18.3 Å². The molecule has 1 saturated heterocycles. The van der Waals surface area contributed by atoms with Gasteiger partial charge in [0.15, 0.2) is 0 Å². The van der Waals surface area contributed by atoms with E-state index in [0.717, 1.165) is 6.41 Å². The van der Waals surface area contributed by atoms with Gasteiger partial charge in [0, 0.05) is 26.2 Å². The SMILES string of the molecule is O=CN1CCN(C(=O)c2cccc(C(=O)O)n2)CC1. The van der Waals surface area contributed by atoms with E-state index in [1.165, 1.54) is 18.2 Å². The zero-order valence-electron chi connectivity index (χ0n) is 10.2. The first-order valence-corrected chi connectivity index (χ1v) is 5.81. The Labute approximate surface area is 109 Å². The number of piperazine rings is 1. The van der Waals surface area contributed by atoms with E-state index in [-0.39, 0.29) is 17.3 Å². The zero-order valence-corrected chi connectivity index (χ0v) is 10.2. The monoisotopic (exact) mass is 263 g/mol. The molecule has 1 aromatic rings. The van der Waals surface area contributed by atoms with Crippen LogP contribution >= 0.6 is 0 Å². The molecule has 2 rings (SSSR count). The van der Waals surface area contributed by atoms with E-state index in [9.17, 15) is 14.4 Å². The van der Waals surface area contributed by atoms with Crippen LogP contribution < -0.4 is 0 Å². The quantitative estimate of drug-likeness (QED) is 0.756. The lowest BCUT2D eigenvalue weighted by Crippen LogP contribution is -2.48. The first-order chi connectivity index (χ1) is 9.11. The predicted octanol–water partition coefficient (Wildman–Crippen LogP) is -0.306. The highest BCUT2D eigenvalue weighted by Gasteiger charge is 2.22. The number of aromatic nitrogens is 1. The van der Waals surface area contributed by atoms with Crippen molar-refractivity contribution in [1.29, 1.82) is 0 Å². The molecule has 0 saturated carbocycles. The van der Waals surface area contributed by atoms with E-state index in [0.29, 0.717) is 26.2 Å². The minimum atomic E-state index is -1.17. The van der Waals surface area contributed by atoms with Crippen molar-refractivity contribution in [2.24, 2.45) is 0 Å². The molecule has 100 valence electrons. The summed E-state index contributed by atoms with van der Waals surface area (Å²) in [5.74, 6) is -1.48. The first-order valence-electron chi connectivity index (χ1n) is 5.81. The third-order valence-corrected chi connectivity index (χ3v) is 2.94. The summed E-state index contributed by atoms with van der Waals surface area (Å²) in [6.07, 6.45) is 0.755. The average Bonchev–Trinajstić information content (AvgIpc) is 2.46. The molecule has 1 N–H and O–H groups in total. The number of rotatable bonds is 3. The number of carbonyl (C=O) groups excluding carboxylic acids is 2. The van der Waals surface area contributed by atoms with Gasteiger partial charge in [0.1, 0.15) is 11.4 Å². The molecule has 0 unspecified atom stereocenters. The van der Waals surface area contributed by atoms with Gasteiger partial charge in [0.05, 0.1) is 0 Å². The van der Waals surface area contributed by atoms with E-state index in [2.05, 4.69) is 4.98 Å². The van der Waals surface area contributed by atoms with Crippen LogP contribution in [0.4, 0.5) is 0 Å². The Morgan fingerprint density at radius 2 is 1.79 bits per heavy atom. The molecule has 1 aliphatic heterocycles. The lowest BCUT2D eigenvalue weighted by Gasteiger charge is -2.32. The molecule has 0 aliphatic carbocycles. The second-order valence-electron chi connectivity index (χ2n) is 4.15. The molecule has 0 aromatic carbocycles. The lowest BCUT2D eigenvalue weighted by atomic mass is 10.2. The number of amides is 2. The Bertz CT molecular complexity index is 509. The van der Waals surface area contributed by atoms with E-state index in [1.807, 2.05) is 0 Å². The molecular weight excluding hydrogens is 250 g/mol. The summed E-state index contributed by atoms with van der Waals surface area (Å²) in [6, 6.07) is 4.32. The molecule has 7 nitrogen and oxygen atoms in total. The molecule has 0 radical (unpaired) electrons. The van der Waals surface area contributed by atoms with Crippen LogP contribution in [0.15, 0.2) is 18.2 Å². The van der Waals surface area contributed by atoms with Crippen LogP contribution in [0.5, 0.6) is 0 Å². The van der Waals surface area contributed by atoms with Crippen LogP contribution in [0, 0.1) is 0 Å². The number of pyridine rings is 1. The summed E-state index contributed by atoms with van der Waals surface area (Å²) >= 11 is 0. The Kier molecular flexibility index (Phi) is 3.74. The van der Waals surface area contributed by atoms with Crippen molar-refractivity contribution in [2.45, 2.75) is 0 Å². The summed E-state index contributed by atoms with van der Waals surface area (Å²) in [5, 5.41) is 8.84. The van der Waals surface area contributed by atoms with Gasteiger partial charge in [0.25, 0.3) is 5.91 Å². The summed E-state index contributed by atoms with van der Waals surface area (Å²) < 4.78 is 0. The van der Waals surface area contributed by atoms with Crippen LogP contribution in [-0.2, 0) is 4.79 Å². The summed E-state index contributed by atoms with van der Waals surface area (Å²) in [4.78, 5) is 40.5. The van der Waals surface area contributed by atoms with Gasteiger partial charge in [-0.25, -0.2) is 9.78 Å². The van der Waals surface area contributed by atoms with E-state index in [4.69, 9.17) is 5.11 Å². The molecular formula is C12H13N3O4. The second-order valence-corrected chi connectivity index (χ2v) is 4.15. The number of nitrogens with zero attached hydrogens (tertiary/aromatic N) is 3. The van der Waals surface area contributed by atoms with Crippen LogP contribution in [0.25, 0.3) is 0 Å². The fraction of sp³-hybridized carbons (Fsp3) is 0.333. The molecule has 1 aliphatic rings. The number of aromatic carboxylic acids is 1. The van der Waals surface area contributed by atoms with Crippen LogP contribution in [0.2, 0.25) is 0 Å². The topological polar surface area (TPSA) is 90.8 Å². The maximum Gasteiger partial charge on any atom is 0.354 e. The Morgan fingerprint density at radius 3 is 2.37 bits per heavy atom. The molecule has 2 heterocycles. The van der Waals surface area contributed by atoms with Gasteiger partial charge >= 0.3 is 5.97 Å². The van der Waals surface area contributed by atoms with Crippen molar-refractivity contribution in [3.05, 3.63) is 29.6 Å². The van der Waals surface area contributed by atoms with E-state index < -0.39 is 5.97 Å². The number of hydrogen-bond acceptors (Lipinski definition) is 4. The smallest absolute Gasteiger partial charge is 0.354 e. The first kappa shape index (κ1) is 13.0. The highest BCUT2D eigenvalue weighted by Crippen LogP contribution is 2.07. The average molecular weight is 263 g/mol. The maximum atomic E-state index is 12.1. The normalized spacial score (nSPS) is 15.2. The number of hydrogen-bond donors (Lipinski definition) is 1. The number of carboxylic acids is 1. The fourth-order valence-corrected chi connectivity index (χ4v) is 1.87. The van der Waals surface area contributed by atoms with Crippen LogP contribution in [-0.4, -0.2) is 64.4 Å². The summed E-state index contributed by atoms with van der Waals surface area (Å²) in [7, 11) is 0. The minimum Gasteiger partial charge on any atom is -0.477 e. The van der Waals surface area contributed by atoms with Crippen molar-refractivity contribution in [1.82, 2.24) is 14.8 Å². The van der Waals surface area contributed by atoms with Crippen molar-refractivity contribution in [2.75, 3.05) is 26.2 Å². The minimum absolute atomic E-state index is 0.111. The third-order valence-electron chi connectivity index (χ3n) is 2.94. The summed E-state index contributed by atoms with van der Waals surface area (Å²) in [6.45, 7) is 1.81. The highest BCUT2D eigenvalue weighted by atomic mass is 16.4. The molecule has 19 heavy (non-hydrogen) atoms. The highest BCUT2D eigenvalue weighted by molar-refractivity contribution is 5.94. The van der Waals surface area contributed by atoms with Gasteiger partial charge < -0.3 is 14.9 Å². The third kappa shape index (κ3) is 2.87. The Hall–Kier alpha value is -2.44. The molecule has 2 amide bonds. The fourth-order valence-electron chi connectivity index (χ4n) is 1.87. The van der Waals surface area contributed by atoms with Crippen molar-refractivity contribution in [3.63, 3.8) is 0 Å². The summed E-state index contributed by atoms with van der Waals surface area (Å²) in [5.41, 5.74) is -0.0446. The van der Waals surface area contributed by atoms with Crippen LogP contribution in [0.1, 0.15) is 21.0 Å². The van der Waals surface area contributed by atoms with E-state index >= 15 is 0 Å². The largest absolute Gasteiger partial charge is 0.477 e. The van der Waals surface area contributed by atoms with Gasteiger partial charge in [-0.05, 0) is 12.1 Å². The number of carboxylic acid groups (broad SMARTS) is 1. The van der Waals surface area contributed by atoms with Gasteiger partial charge in [-0.2, -0.15) is 0 Å². The maximum absolute atomic E-state index is 12.1. The molecule has 0 spiro atoms. The predicted molar refractivity (Wildman–Crippen MR) is 64.7 cm³/mol. The van der Waals surface area contributed by atoms with Gasteiger partial charge in [-0.15, -0.1) is 0 Å².